The average molecular weight is 507 g/mol. The van der Waals surface area contributed by atoms with Crippen molar-refractivity contribution < 1.29 is 31.2 Å². The third-order valence-electron chi connectivity index (χ3n) is 6.14. The van der Waals surface area contributed by atoms with Crippen LogP contribution in [0.1, 0.15) is 29.3 Å². The number of carbonyl (C=O) groups is 2. The molecule has 0 N–H and O–H groups in total. The molecule has 1 atom stereocenters. The minimum Gasteiger partial charge on any atom is -0.452 e. The van der Waals surface area contributed by atoms with Gasteiger partial charge >= 0.3 is 5.97 Å². The van der Waals surface area contributed by atoms with E-state index in [9.17, 15) is 26.4 Å². The summed E-state index contributed by atoms with van der Waals surface area (Å²) in [6, 6.07) is 12.4. The molecule has 0 aromatic heterocycles. The summed E-state index contributed by atoms with van der Waals surface area (Å²) in [4.78, 5) is 26.5. The van der Waals surface area contributed by atoms with Gasteiger partial charge in [0.05, 0.1) is 27.7 Å². The summed E-state index contributed by atoms with van der Waals surface area (Å²) < 4.78 is 56.4. The lowest BCUT2D eigenvalue weighted by Gasteiger charge is -2.26. The molecule has 34 heavy (non-hydrogen) atoms. The zero-order valence-electron chi connectivity index (χ0n) is 18.7. The Balaban J connectivity index is 1.45. The molecule has 2 aliphatic heterocycles. The Bertz CT molecular complexity index is 1320. The van der Waals surface area contributed by atoms with Gasteiger partial charge in [-0.3, -0.25) is 9.10 Å². The second kappa shape index (κ2) is 9.38. The van der Waals surface area contributed by atoms with Crippen molar-refractivity contribution in [3.05, 3.63) is 59.7 Å². The lowest BCUT2D eigenvalue weighted by atomic mass is 10.2. The maximum absolute atomic E-state index is 13.2. The van der Waals surface area contributed by atoms with Gasteiger partial charge in [-0.15, -0.1) is 0 Å². The first kappa shape index (κ1) is 24.2. The fraction of sp³-hybridized carbons (Fsp3) is 0.391. The van der Waals surface area contributed by atoms with Crippen LogP contribution in [0.15, 0.2) is 53.4 Å². The van der Waals surface area contributed by atoms with Crippen molar-refractivity contribution in [1.82, 2.24) is 4.90 Å². The molecule has 9 nitrogen and oxygen atoms in total. The van der Waals surface area contributed by atoms with Crippen LogP contribution in [0.2, 0.25) is 0 Å². The van der Waals surface area contributed by atoms with E-state index in [2.05, 4.69) is 0 Å². The Morgan fingerprint density at radius 1 is 1.15 bits per heavy atom. The summed E-state index contributed by atoms with van der Waals surface area (Å²) >= 11 is 0. The molecule has 0 spiro atoms. The van der Waals surface area contributed by atoms with Crippen LogP contribution in [0.5, 0.6) is 0 Å². The number of rotatable bonds is 7. The molecule has 2 heterocycles. The predicted octanol–water partition coefficient (Wildman–Crippen LogP) is 1.63. The summed E-state index contributed by atoms with van der Waals surface area (Å²) in [5.41, 5.74) is 1.57. The minimum absolute atomic E-state index is 0.00727. The van der Waals surface area contributed by atoms with Crippen molar-refractivity contribution in [2.75, 3.05) is 35.5 Å². The van der Waals surface area contributed by atoms with Gasteiger partial charge in [-0.2, -0.15) is 0 Å². The number of para-hydroxylation sites is 1. The molecule has 0 bridgehead atoms. The Morgan fingerprint density at radius 3 is 2.62 bits per heavy atom. The van der Waals surface area contributed by atoms with E-state index in [1.54, 1.807) is 19.1 Å². The van der Waals surface area contributed by atoms with Crippen LogP contribution in [-0.4, -0.2) is 70.9 Å². The summed E-state index contributed by atoms with van der Waals surface area (Å²) in [7, 11) is -7.05. The highest BCUT2D eigenvalue weighted by atomic mass is 32.2. The van der Waals surface area contributed by atoms with Crippen LogP contribution in [0, 0.1) is 0 Å². The first-order valence-corrected chi connectivity index (χ1v) is 14.3. The van der Waals surface area contributed by atoms with Crippen molar-refractivity contribution in [2.45, 2.75) is 30.7 Å². The van der Waals surface area contributed by atoms with Crippen LogP contribution in [0.4, 0.5) is 5.69 Å². The highest BCUT2D eigenvalue weighted by Gasteiger charge is 2.34. The number of amides is 1. The number of likely N-dealkylation sites (N-methyl/N-ethyl adjacent to an activating group) is 1. The monoisotopic (exact) mass is 506 g/mol. The van der Waals surface area contributed by atoms with E-state index < -0.39 is 44.4 Å². The van der Waals surface area contributed by atoms with Gasteiger partial charge in [0, 0.05) is 19.1 Å². The first-order chi connectivity index (χ1) is 16.1. The summed E-state index contributed by atoms with van der Waals surface area (Å²) in [5.74, 6) is -1.39. The number of sulfonamides is 1. The van der Waals surface area contributed by atoms with Gasteiger partial charge in [-0.1, -0.05) is 24.3 Å². The van der Waals surface area contributed by atoms with E-state index >= 15 is 0 Å². The first-order valence-electron chi connectivity index (χ1n) is 11.0. The Morgan fingerprint density at radius 2 is 1.91 bits per heavy atom. The Kier molecular flexibility index (Phi) is 6.68. The number of nitrogens with zero attached hydrogens (tertiary/aromatic N) is 2. The van der Waals surface area contributed by atoms with E-state index in [4.69, 9.17) is 4.74 Å². The highest BCUT2D eigenvalue weighted by Crippen LogP contribution is 2.32. The van der Waals surface area contributed by atoms with E-state index in [0.29, 0.717) is 31.6 Å². The van der Waals surface area contributed by atoms with Gasteiger partial charge in [0.25, 0.3) is 15.9 Å². The number of sulfone groups is 1. The molecule has 1 amide bonds. The van der Waals surface area contributed by atoms with Crippen LogP contribution >= 0.6 is 0 Å². The zero-order chi connectivity index (χ0) is 24.5. The van der Waals surface area contributed by atoms with Gasteiger partial charge in [0.2, 0.25) is 0 Å². The molecule has 182 valence electrons. The second-order valence-corrected chi connectivity index (χ2v) is 12.4. The van der Waals surface area contributed by atoms with Crippen LogP contribution in [0.25, 0.3) is 0 Å². The number of fused-ring (bicyclic) bond motifs is 1. The number of carbonyl (C=O) groups excluding carboxylic acids is 2. The van der Waals surface area contributed by atoms with E-state index in [1.165, 1.54) is 33.5 Å². The normalized spacial score (nSPS) is 19.0. The topological polar surface area (TPSA) is 118 Å². The van der Waals surface area contributed by atoms with Crippen molar-refractivity contribution in [2.24, 2.45) is 0 Å². The number of anilines is 1. The number of esters is 1. The van der Waals surface area contributed by atoms with Gasteiger partial charge in [0.1, 0.15) is 0 Å². The quantitative estimate of drug-likeness (QED) is 0.524. The molecule has 2 aliphatic rings. The minimum atomic E-state index is -3.89. The number of hydrogen-bond acceptors (Lipinski definition) is 7. The lowest BCUT2D eigenvalue weighted by molar-refractivity contribution is -0.136. The van der Waals surface area contributed by atoms with E-state index in [-0.39, 0.29) is 22.0 Å². The van der Waals surface area contributed by atoms with Gasteiger partial charge in [-0.25, -0.2) is 21.6 Å². The molecule has 2 aromatic carbocycles. The molecule has 0 aliphatic carbocycles. The average Bonchev–Trinajstić information content (AvgIpc) is 3.41. The zero-order valence-corrected chi connectivity index (χ0v) is 20.3. The molecule has 4 rings (SSSR count). The van der Waals surface area contributed by atoms with Crippen molar-refractivity contribution in [3.8, 4) is 0 Å². The molecule has 0 radical (unpaired) electrons. The maximum atomic E-state index is 13.2. The molecule has 1 fully saturated rings. The summed E-state index contributed by atoms with van der Waals surface area (Å²) in [6.07, 6.45) is 0.963. The Hall–Kier alpha value is -2.92. The number of ether oxygens (including phenoxy) is 1. The largest absolute Gasteiger partial charge is 0.452 e. The number of hydrogen-bond donors (Lipinski definition) is 0. The maximum Gasteiger partial charge on any atom is 0.338 e. The van der Waals surface area contributed by atoms with E-state index in [1.807, 2.05) is 12.1 Å². The molecular formula is C23H26N2O7S2. The molecule has 1 saturated heterocycles. The third-order valence-corrected chi connectivity index (χ3v) is 9.70. The van der Waals surface area contributed by atoms with Gasteiger partial charge in [-0.05, 0) is 49.6 Å². The van der Waals surface area contributed by atoms with Gasteiger partial charge in [0.15, 0.2) is 16.4 Å². The molecule has 0 saturated carbocycles. The Labute approximate surface area is 199 Å². The smallest absolute Gasteiger partial charge is 0.338 e. The van der Waals surface area contributed by atoms with Gasteiger partial charge < -0.3 is 9.64 Å². The second-order valence-electron chi connectivity index (χ2n) is 8.30. The number of benzene rings is 2. The van der Waals surface area contributed by atoms with Crippen LogP contribution in [0.3, 0.4) is 0 Å². The van der Waals surface area contributed by atoms with E-state index in [0.717, 1.165) is 5.56 Å². The summed E-state index contributed by atoms with van der Waals surface area (Å²) in [5, 5.41) is 0. The molecular weight excluding hydrogens is 480 g/mol. The van der Waals surface area contributed by atoms with Crippen LogP contribution < -0.4 is 4.31 Å². The third kappa shape index (κ3) is 4.80. The standard InChI is InChI=1S/C23H26N2O7S2/c1-2-24(19-11-13-33(28,29)16-19)22(26)15-32-23(27)18-7-5-8-20(14-18)34(30,31)25-12-10-17-6-3-4-9-21(17)25/h3-9,14,19H,2,10-13,15-16H2,1H3/t19-/m1/s1. The van der Waals surface area contributed by atoms with Crippen molar-refractivity contribution in [3.63, 3.8) is 0 Å². The molecule has 0 unspecified atom stereocenters. The molecule has 11 heteroatoms. The predicted molar refractivity (Wildman–Crippen MR) is 126 cm³/mol. The lowest BCUT2D eigenvalue weighted by Crippen LogP contribution is -2.43. The van der Waals surface area contributed by atoms with Crippen LogP contribution in [-0.2, 0) is 35.8 Å². The summed E-state index contributed by atoms with van der Waals surface area (Å²) in [6.45, 7) is 1.78. The molecule has 2 aromatic rings. The fourth-order valence-corrected chi connectivity index (χ4v) is 7.70. The SMILES string of the molecule is CCN(C(=O)COC(=O)c1cccc(S(=O)(=O)N2CCc3ccccc32)c1)[C@@H]1CCS(=O)(=O)C1. The highest BCUT2D eigenvalue weighted by molar-refractivity contribution is 7.93. The van der Waals surface area contributed by atoms with Crippen molar-refractivity contribution in [1.29, 1.82) is 0 Å². The van der Waals surface area contributed by atoms with Crippen molar-refractivity contribution >= 4 is 37.4 Å². The fourth-order valence-electron chi connectivity index (χ4n) is 4.42.